The van der Waals surface area contributed by atoms with E-state index in [4.69, 9.17) is 4.74 Å². The zero-order valence-electron chi connectivity index (χ0n) is 9.34. The SMILES string of the molecule is CCCCOc1ccc(CCCBr)cc1. The summed E-state index contributed by atoms with van der Waals surface area (Å²) in [5.74, 6) is 0.992. The second-order valence-electron chi connectivity index (χ2n) is 3.64. The Balaban J connectivity index is 2.35. The molecule has 0 aliphatic heterocycles. The van der Waals surface area contributed by atoms with Crippen LogP contribution in [0.1, 0.15) is 31.7 Å². The van der Waals surface area contributed by atoms with Gasteiger partial charge in [0.25, 0.3) is 0 Å². The van der Waals surface area contributed by atoms with Gasteiger partial charge in [0, 0.05) is 5.33 Å². The summed E-state index contributed by atoms with van der Waals surface area (Å²) >= 11 is 3.44. The molecule has 0 atom stereocenters. The first-order chi connectivity index (χ1) is 7.36. The maximum atomic E-state index is 5.60. The Morgan fingerprint density at radius 1 is 1.13 bits per heavy atom. The average molecular weight is 271 g/mol. The van der Waals surface area contributed by atoms with Gasteiger partial charge in [0.15, 0.2) is 0 Å². The minimum absolute atomic E-state index is 0.831. The molecule has 0 saturated carbocycles. The first-order valence-corrected chi connectivity index (χ1v) is 6.76. The first kappa shape index (κ1) is 12.6. The van der Waals surface area contributed by atoms with E-state index in [1.54, 1.807) is 0 Å². The van der Waals surface area contributed by atoms with Crippen molar-refractivity contribution in [2.24, 2.45) is 0 Å². The number of alkyl halides is 1. The number of rotatable bonds is 7. The molecule has 1 aromatic rings. The third kappa shape index (κ3) is 5.22. The predicted octanol–water partition coefficient (Wildman–Crippen LogP) is 4.19. The fraction of sp³-hybridized carbons (Fsp3) is 0.538. The Kier molecular flexibility index (Phi) is 6.49. The highest BCUT2D eigenvalue weighted by molar-refractivity contribution is 9.09. The summed E-state index contributed by atoms with van der Waals surface area (Å²) in [6.07, 6.45) is 4.64. The van der Waals surface area contributed by atoms with E-state index in [0.717, 1.165) is 30.5 Å². The summed E-state index contributed by atoms with van der Waals surface area (Å²) in [5.41, 5.74) is 1.39. The van der Waals surface area contributed by atoms with Crippen molar-refractivity contribution < 1.29 is 4.74 Å². The lowest BCUT2D eigenvalue weighted by atomic mass is 10.1. The van der Waals surface area contributed by atoms with E-state index in [9.17, 15) is 0 Å². The minimum atomic E-state index is 0.831. The Labute approximate surface area is 101 Å². The van der Waals surface area contributed by atoms with Crippen LogP contribution < -0.4 is 4.74 Å². The van der Waals surface area contributed by atoms with Gasteiger partial charge in [-0.15, -0.1) is 0 Å². The summed E-state index contributed by atoms with van der Waals surface area (Å²) < 4.78 is 5.60. The van der Waals surface area contributed by atoms with Gasteiger partial charge in [-0.1, -0.05) is 41.4 Å². The Bertz CT molecular complexity index is 256. The van der Waals surface area contributed by atoms with Crippen LogP contribution in [-0.2, 0) is 6.42 Å². The van der Waals surface area contributed by atoms with Crippen molar-refractivity contribution in [3.63, 3.8) is 0 Å². The lowest BCUT2D eigenvalue weighted by Crippen LogP contribution is -1.96. The summed E-state index contributed by atoms with van der Waals surface area (Å²) in [7, 11) is 0. The third-order valence-electron chi connectivity index (χ3n) is 2.29. The molecule has 1 rings (SSSR count). The van der Waals surface area contributed by atoms with Crippen molar-refractivity contribution in [3.8, 4) is 5.75 Å². The molecule has 0 radical (unpaired) electrons. The van der Waals surface area contributed by atoms with Crippen LogP contribution in [0.4, 0.5) is 0 Å². The van der Waals surface area contributed by atoms with Crippen molar-refractivity contribution in [3.05, 3.63) is 29.8 Å². The van der Waals surface area contributed by atoms with E-state index in [2.05, 4.69) is 47.1 Å². The van der Waals surface area contributed by atoms with Crippen LogP contribution in [0.2, 0.25) is 0 Å². The topological polar surface area (TPSA) is 9.23 Å². The lowest BCUT2D eigenvalue weighted by molar-refractivity contribution is 0.309. The van der Waals surface area contributed by atoms with E-state index in [1.165, 1.54) is 18.4 Å². The average Bonchev–Trinajstić information content (AvgIpc) is 2.28. The van der Waals surface area contributed by atoms with E-state index in [-0.39, 0.29) is 0 Å². The number of hydrogen-bond donors (Lipinski definition) is 0. The summed E-state index contributed by atoms with van der Waals surface area (Å²) in [5, 5.41) is 1.07. The molecule has 84 valence electrons. The quantitative estimate of drug-likeness (QED) is 0.533. The van der Waals surface area contributed by atoms with Crippen LogP contribution in [0.5, 0.6) is 5.75 Å². The lowest BCUT2D eigenvalue weighted by Gasteiger charge is -2.06. The molecule has 1 aromatic carbocycles. The van der Waals surface area contributed by atoms with Crippen LogP contribution in [0.15, 0.2) is 24.3 Å². The first-order valence-electron chi connectivity index (χ1n) is 5.64. The van der Waals surface area contributed by atoms with Gasteiger partial charge in [-0.2, -0.15) is 0 Å². The number of halogens is 1. The number of hydrogen-bond acceptors (Lipinski definition) is 1. The van der Waals surface area contributed by atoms with Gasteiger partial charge in [-0.25, -0.2) is 0 Å². The molecule has 0 aliphatic carbocycles. The molecule has 0 heterocycles. The molecule has 0 saturated heterocycles. The summed E-state index contributed by atoms with van der Waals surface area (Å²) in [6.45, 7) is 3.00. The molecule has 0 aliphatic rings. The Morgan fingerprint density at radius 3 is 2.47 bits per heavy atom. The van der Waals surface area contributed by atoms with Gasteiger partial charge >= 0.3 is 0 Å². The maximum Gasteiger partial charge on any atom is 0.119 e. The molecule has 0 bridgehead atoms. The summed E-state index contributed by atoms with van der Waals surface area (Å²) in [6, 6.07) is 8.45. The van der Waals surface area contributed by atoms with Crippen LogP contribution in [-0.4, -0.2) is 11.9 Å². The Morgan fingerprint density at radius 2 is 1.87 bits per heavy atom. The molecule has 2 heteroatoms. The van der Waals surface area contributed by atoms with Crippen molar-refractivity contribution in [1.29, 1.82) is 0 Å². The van der Waals surface area contributed by atoms with E-state index < -0.39 is 0 Å². The monoisotopic (exact) mass is 270 g/mol. The highest BCUT2D eigenvalue weighted by Gasteiger charge is 1.95. The third-order valence-corrected chi connectivity index (χ3v) is 2.85. The maximum absolute atomic E-state index is 5.60. The Hall–Kier alpha value is -0.500. The van der Waals surface area contributed by atoms with E-state index in [1.807, 2.05) is 0 Å². The van der Waals surface area contributed by atoms with Gasteiger partial charge in [-0.05, 0) is 37.0 Å². The van der Waals surface area contributed by atoms with Crippen LogP contribution in [0.3, 0.4) is 0 Å². The molecule has 0 aromatic heterocycles. The highest BCUT2D eigenvalue weighted by atomic mass is 79.9. The molecule has 1 nitrogen and oxygen atoms in total. The van der Waals surface area contributed by atoms with Crippen molar-refractivity contribution >= 4 is 15.9 Å². The van der Waals surface area contributed by atoms with Gasteiger partial charge < -0.3 is 4.74 Å². The van der Waals surface area contributed by atoms with Crippen molar-refractivity contribution in [2.45, 2.75) is 32.6 Å². The van der Waals surface area contributed by atoms with Crippen molar-refractivity contribution in [2.75, 3.05) is 11.9 Å². The number of unbranched alkanes of at least 4 members (excludes halogenated alkanes) is 1. The van der Waals surface area contributed by atoms with Gasteiger partial charge in [0.1, 0.15) is 5.75 Å². The second kappa shape index (κ2) is 7.75. The molecule has 0 fully saturated rings. The zero-order valence-corrected chi connectivity index (χ0v) is 10.9. The smallest absolute Gasteiger partial charge is 0.119 e. The molecule has 0 amide bonds. The van der Waals surface area contributed by atoms with Crippen molar-refractivity contribution in [1.82, 2.24) is 0 Å². The van der Waals surface area contributed by atoms with E-state index >= 15 is 0 Å². The number of ether oxygens (including phenoxy) is 1. The molecular formula is C13H19BrO. The molecule has 0 unspecified atom stereocenters. The standard InChI is InChI=1S/C13H19BrO/c1-2-3-11-15-13-8-6-12(7-9-13)5-4-10-14/h6-9H,2-5,10-11H2,1H3. The molecule has 15 heavy (non-hydrogen) atoms. The largest absolute Gasteiger partial charge is 0.494 e. The number of aryl methyl sites for hydroxylation is 1. The summed E-state index contributed by atoms with van der Waals surface area (Å²) in [4.78, 5) is 0. The van der Waals surface area contributed by atoms with Crippen LogP contribution >= 0.6 is 15.9 Å². The number of benzene rings is 1. The molecular weight excluding hydrogens is 252 g/mol. The van der Waals surface area contributed by atoms with Crippen LogP contribution in [0.25, 0.3) is 0 Å². The molecule has 0 N–H and O–H groups in total. The van der Waals surface area contributed by atoms with Gasteiger partial charge in [-0.3, -0.25) is 0 Å². The fourth-order valence-corrected chi connectivity index (χ4v) is 1.64. The zero-order chi connectivity index (χ0) is 10.9. The minimum Gasteiger partial charge on any atom is -0.494 e. The fourth-order valence-electron chi connectivity index (χ4n) is 1.36. The predicted molar refractivity (Wildman–Crippen MR) is 69.0 cm³/mol. The van der Waals surface area contributed by atoms with Gasteiger partial charge in [0.2, 0.25) is 0 Å². The second-order valence-corrected chi connectivity index (χ2v) is 4.43. The van der Waals surface area contributed by atoms with Gasteiger partial charge in [0.05, 0.1) is 6.61 Å². The normalized spacial score (nSPS) is 10.3. The highest BCUT2D eigenvalue weighted by Crippen LogP contribution is 2.14. The van der Waals surface area contributed by atoms with Crippen LogP contribution in [0, 0.1) is 0 Å². The molecule has 0 spiro atoms. The van der Waals surface area contributed by atoms with E-state index in [0.29, 0.717) is 0 Å².